The normalized spacial score (nSPS) is 14.1. The molecule has 3 aromatic rings. The van der Waals surface area contributed by atoms with E-state index in [1.165, 1.54) is 0 Å². The molecule has 1 amide bonds. The highest BCUT2D eigenvalue weighted by molar-refractivity contribution is 6.02. The third-order valence-corrected chi connectivity index (χ3v) is 4.28. The molecule has 9 heteroatoms. The quantitative estimate of drug-likeness (QED) is 0.674. The number of hydrogen-bond acceptors (Lipinski definition) is 5. The van der Waals surface area contributed by atoms with E-state index in [-0.39, 0.29) is 11.9 Å². The minimum absolute atomic E-state index is 0.284. The van der Waals surface area contributed by atoms with Crippen LogP contribution in [0.25, 0.3) is 11.3 Å². The summed E-state index contributed by atoms with van der Waals surface area (Å²) in [6, 6.07) is 1.71. The fourth-order valence-electron chi connectivity index (χ4n) is 2.75. The van der Waals surface area contributed by atoms with Crippen molar-refractivity contribution in [1.82, 2.24) is 35.2 Å². The lowest BCUT2D eigenvalue weighted by Crippen LogP contribution is -2.13. The number of rotatable bonds is 4. The number of hydrogen-bond donors (Lipinski definition) is 3. The van der Waals surface area contributed by atoms with E-state index in [0.717, 1.165) is 35.6 Å². The number of aromatic amines is 2. The molecule has 1 aliphatic carbocycles. The van der Waals surface area contributed by atoms with Gasteiger partial charge in [-0.25, -0.2) is 0 Å². The topological polar surface area (TPSA) is 117 Å². The van der Waals surface area contributed by atoms with Crippen molar-refractivity contribution >= 4 is 11.9 Å². The van der Waals surface area contributed by atoms with Gasteiger partial charge in [-0.1, -0.05) is 0 Å². The van der Waals surface area contributed by atoms with Crippen LogP contribution in [0.3, 0.4) is 0 Å². The minimum Gasteiger partial charge on any atom is -0.288 e. The molecule has 4 rings (SSSR count). The summed E-state index contributed by atoms with van der Waals surface area (Å²) >= 11 is 0. The number of carbonyl (C=O) groups excluding carboxylic acids is 1. The summed E-state index contributed by atoms with van der Waals surface area (Å²) < 4.78 is 1.80. The van der Waals surface area contributed by atoms with E-state index < -0.39 is 0 Å². The maximum Gasteiger partial charge on any atom is 0.276 e. The third kappa shape index (κ3) is 2.47. The standard InChI is InChI=1S/C15H18N8O/c1-7-12(8(2)23(3)22-7)10-6-11(19-18-10)14(24)17-15-16-13(20-21-15)9-4-5-9/h6,9H,4-5H2,1-3H3,(H,18,19)(H2,16,17,20,21,24). The molecule has 0 saturated heterocycles. The summed E-state index contributed by atoms with van der Waals surface area (Å²) in [5, 5.41) is 20.9. The first-order valence-corrected chi connectivity index (χ1v) is 7.82. The first kappa shape index (κ1) is 14.6. The van der Waals surface area contributed by atoms with E-state index in [1.807, 2.05) is 20.9 Å². The van der Waals surface area contributed by atoms with E-state index in [2.05, 4.69) is 35.8 Å². The molecule has 3 N–H and O–H groups in total. The first-order chi connectivity index (χ1) is 11.5. The summed E-state index contributed by atoms with van der Waals surface area (Å²) in [5.41, 5.74) is 3.84. The number of aryl methyl sites for hydroxylation is 2. The zero-order chi connectivity index (χ0) is 16.8. The second-order valence-electron chi connectivity index (χ2n) is 6.11. The average Bonchev–Trinajstić information content (AvgIpc) is 2.99. The van der Waals surface area contributed by atoms with Crippen molar-refractivity contribution in [3.05, 3.63) is 29.0 Å². The Morgan fingerprint density at radius 3 is 2.75 bits per heavy atom. The molecule has 0 unspecified atom stereocenters. The molecule has 0 atom stereocenters. The number of nitrogens with one attached hydrogen (secondary N) is 3. The fourth-order valence-corrected chi connectivity index (χ4v) is 2.75. The Labute approximate surface area is 137 Å². The number of aromatic nitrogens is 7. The largest absolute Gasteiger partial charge is 0.288 e. The van der Waals surface area contributed by atoms with Crippen LogP contribution in [0.2, 0.25) is 0 Å². The van der Waals surface area contributed by atoms with Crippen LogP contribution < -0.4 is 5.32 Å². The van der Waals surface area contributed by atoms with Crippen LogP contribution in [-0.2, 0) is 7.05 Å². The molecule has 0 aliphatic heterocycles. The highest BCUT2D eigenvalue weighted by atomic mass is 16.2. The van der Waals surface area contributed by atoms with Crippen molar-refractivity contribution in [1.29, 1.82) is 0 Å². The molecule has 0 radical (unpaired) electrons. The van der Waals surface area contributed by atoms with E-state index in [4.69, 9.17) is 0 Å². The lowest BCUT2D eigenvalue weighted by Gasteiger charge is -1.97. The first-order valence-electron chi connectivity index (χ1n) is 7.82. The van der Waals surface area contributed by atoms with Gasteiger partial charge in [0.05, 0.1) is 11.4 Å². The molecule has 1 saturated carbocycles. The summed E-state index contributed by atoms with van der Waals surface area (Å²) in [7, 11) is 1.88. The molecule has 1 aliphatic rings. The molecule has 24 heavy (non-hydrogen) atoms. The Bertz CT molecular complexity index is 914. The van der Waals surface area contributed by atoms with Gasteiger partial charge in [-0.15, -0.1) is 5.10 Å². The van der Waals surface area contributed by atoms with E-state index in [0.29, 0.717) is 17.3 Å². The monoisotopic (exact) mass is 326 g/mol. The number of anilines is 1. The summed E-state index contributed by atoms with van der Waals surface area (Å²) in [6.07, 6.45) is 2.24. The smallest absolute Gasteiger partial charge is 0.276 e. The zero-order valence-corrected chi connectivity index (χ0v) is 13.7. The Morgan fingerprint density at radius 1 is 1.29 bits per heavy atom. The van der Waals surface area contributed by atoms with Crippen LogP contribution >= 0.6 is 0 Å². The predicted octanol–water partition coefficient (Wildman–Crippen LogP) is 1.67. The second kappa shape index (κ2) is 5.29. The lowest BCUT2D eigenvalue weighted by atomic mass is 10.1. The van der Waals surface area contributed by atoms with Gasteiger partial charge < -0.3 is 0 Å². The second-order valence-corrected chi connectivity index (χ2v) is 6.11. The van der Waals surface area contributed by atoms with Gasteiger partial charge >= 0.3 is 0 Å². The molecule has 3 aromatic heterocycles. The van der Waals surface area contributed by atoms with Gasteiger partial charge in [0.2, 0.25) is 5.95 Å². The van der Waals surface area contributed by atoms with Crippen LogP contribution in [-0.4, -0.2) is 41.1 Å². The Kier molecular flexibility index (Phi) is 3.22. The van der Waals surface area contributed by atoms with Gasteiger partial charge in [0.25, 0.3) is 5.91 Å². The summed E-state index contributed by atoms with van der Waals surface area (Å²) in [6.45, 7) is 3.89. The predicted molar refractivity (Wildman–Crippen MR) is 86.6 cm³/mol. The van der Waals surface area contributed by atoms with Crippen molar-refractivity contribution in [3.8, 4) is 11.3 Å². The number of nitrogens with zero attached hydrogens (tertiary/aromatic N) is 5. The molecule has 0 spiro atoms. The molecule has 124 valence electrons. The molecule has 0 bridgehead atoms. The Morgan fingerprint density at radius 2 is 2.08 bits per heavy atom. The molecule has 3 heterocycles. The van der Waals surface area contributed by atoms with E-state index in [9.17, 15) is 4.79 Å². The van der Waals surface area contributed by atoms with Crippen molar-refractivity contribution in [2.45, 2.75) is 32.6 Å². The summed E-state index contributed by atoms with van der Waals surface area (Å²) in [4.78, 5) is 16.6. The molecular formula is C15H18N8O. The molecule has 0 aromatic carbocycles. The van der Waals surface area contributed by atoms with Crippen LogP contribution in [0.4, 0.5) is 5.95 Å². The third-order valence-electron chi connectivity index (χ3n) is 4.28. The van der Waals surface area contributed by atoms with Gasteiger partial charge in [-0.3, -0.25) is 25.0 Å². The summed E-state index contributed by atoms with van der Waals surface area (Å²) in [5.74, 6) is 1.25. The lowest BCUT2D eigenvalue weighted by molar-refractivity contribution is 0.102. The van der Waals surface area contributed by atoms with Gasteiger partial charge in [0.15, 0.2) is 0 Å². The number of H-pyrrole nitrogens is 2. The zero-order valence-electron chi connectivity index (χ0n) is 13.7. The van der Waals surface area contributed by atoms with Crippen LogP contribution in [0, 0.1) is 13.8 Å². The Balaban J connectivity index is 1.54. The van der Waals surface area contributed by atoms with Crippen molar-refractivity contribution in [2.24, 2.45) is 7.05 Å². The molecule has 1 fully saturated rings. The van der Waals surface area contributed by atoms with Crippen molar-refractivity contribution in [2.75, 3.05) is 5.32 Å². The van der Waals surface area contributed by atoms with E-state index >= 15 is 0 Å². The highest BCUT2D eigenvalue weighted by Gasteiger charge is 2.27. The van der Waals surface area contributed by atoms with E-state index in [1.54, 1.807) is 10.7 Å². The maximum atomic E-state index is 12.3. The van der Waals surface area contributed by atoms with Gasteiger partial charge in [-0.2, -0.15) is 15.2 Å². The Hall–Kier alpha value is -2.97. The maximum absolute atomic E-state index is 12.3. The van der Waals surface area contributed by atoms with Crippen molar-refractivity contribution < 1.29 is 4.79 Å². The highest BCUT2D eigenvalue weighted by Crippen LogP contribution is 2.38. The van der Waals surface area contributed by atoms with Crippen LogP contribution in [0.15, 0.2) is 6.07 Å². The number of amides is 1. The van der Waals surface area contributed by atoms with Crippen molar-refractivity contribution in [3.63, 3.8) is 0 Å². The molecule has 9 nitrogen and oxygen atoms in total. The van der Waals surface area contributed by atoms with Gasteiger partial charge in [0.1, 0.15) is 11.5 Å². The SMILES string of the molecule is Cc1nn(C)c(C)c1-c1cc(C(=O)Nc2n[nH]c(C3CC3)n2)[nH]n1. The average molecular weight is 326 g/mol. The molecular weight excluding hydrogens is 308 g/mol. The minimum atomic E-state index is -0.325. The number of carbonyl (C=O) groups is 1. The van der Waals surface area contributed by atoms with Gasteiger partial charge in [-0.05, 0) is 32.8 Å². The van der Waals surface area contributed by atoms with Crippen LogP contribution in [0.1, 0.15) is 46.5 Å². The fraction of sp³-hybridized carbons (Fsp3) is 0.400. The van der Waals surface area contributed by atoms with Gasteiger partial charge in [0, 0.05) is 24.2 Å². The van der Waals surface area contributed by atoms with Crippen LogP contribution in [0.5, 0.6) is 0 Å².